The molecule has 2 nitrogen and oxygen atoms in total. The molecule has 1 fully saturated rings. The maximum absolute atomic E-state index is 12.1. The quantitative estimate of drug-likeness (QED) is 0.745. The maximum Gasteiger partial charge on any atom is 0.227 e. The molecule has 1 saturated heterocycles. The summed E-state index contributed by atoms with van der Waals surface area (Å²) < 4.78 is 0. The van der Waals surface area contributed by atoms with Gasteiger partial charge in [-0.1, -0.05) is 24.3 Å². The minimum Gasteiger partial charge on any atom is -0.340 e. The predicted molar refractivity (Wildman–Crippen MR) is 65.3 cm³/mol. The van der Waals surface area contributed by atoms with E-state index in [2.05, 4.69) is 19.9 Å². The molecule has 0 N–H and O–H groups in total. The van der Waals surface area contributed by atoms with Gasteiger partial charge in [-0.05, 0) is 37.8 Å². The lowest BCUT2D eigenvalue weighted by atomic mass is 10.1. The molecule has 0 radical (unpaired) electrons. The van der Waals surface area contributed by atoms with Crippen molar-refractivity contribution in [3.05, 3.63) is 35.4 Å². The zero-order chi connectivity index (χ0) is 11.5. The van der Waals surface area contributed by atoms with E-state index in [0.29, 0.717) is 12.5 Å². The summed E-state index contributed by atoms with van der Waals surface area (Å²) in [6.07, 6.45) is 2.86. The molecule has 0 aromatic heterocycles. The highest BCUT2D eigenvalue weighted by atomic mass is 16.2. The van der Waals surface area contributed by atoms with Crippen molar-refractivity contribution in [1.29, 1.82) is 0 Å². The van der Waals surface area contributed by atoms with E-state index in [-0.39, 0.29) is 5.91 Å². The highest BCUT2D eigenvalue weighted by Crippen LogP contribution is 2.18. The van der Waals surface area contributed by atoms with Gasteiger partial charge in [0.15, 0.2) is 0 Å². The largest absolute Gasteiger partial charge is 0.340 e. The van der Waals surface area contributed by atoms with Crippen molar-refractivity contribution in [3.8, 4) is 0 Å². The van der Waals surface area contributed by atoms with E-state index in [4.69, 9.17) is 0 Å². The van der Waals surface area contributed by atoms with Gasteiger partial charge >= 0.3 is 0 Å². The summed E-state index contributed by atoms with van der Waals surface area (Å²) in [4.78, 5) is 14.1. The molecular formula is C14H19NO. The van der Waals surface area contributed by atoms with Crippen LogP contribution in [-0.2, 0) is 11.2 Å². The van der Waals surface area contributed by atoms with Crippen molar-refractivity contribution in [3.63, 3.8) is 0 Å². The normalized spacial score (nSPS) is 20.1. The van der Waals surface area contributed by atoms with Crippen molar-refractivity contribution in [2.24, 2.45) is 0 Å². The smallest absolute Gasteiger partial charge is 0.227 e. The number of carbonyl (C=O) groups excluding carboxylic acids is 1. The van der Waals surface area contributed by atoms with Gasteiger partial charge in [-0.25, -0.2) is 0 Å². The standard InChI is InChI=1S/C14H19NO/c1-11-6-3-4-8-13(11)10-14(16)15-9-5-7-12(15)2/h3-4,6,8,12H,5,7,9-10H2,1-2H3. The summed E-state index contributed by atoms with van der Waals surface area (Å²) in [5.41, 5.74) is 2.37. The van der Waals surface area contributed by atoms with Gasteiger partial charge in [0.1, 0.15) is 0 Å². The molecular weight excluding hydrogens is 198 g/mol. The zero-order valence-electron chi connectivity index (χ0n) is 10.1. The first-order valence-corrected chi connectivity index (χ1v) is 6.02. The first kappa shape index (κ1) is 11.2. The van der Waals surface area contributed by atoms with Crippen LogP contribution in [0.2, 0.25) is 0 Å². The van der Waals surface area contributed by atoms with E-state index in [1.165, 1.54) is 5.56 Å². The topological polar surface area (TPSA) is 20.3 Å². The van der Waals surface area contributed by atoms with E-state index in [0.717, 1.165) is 24.9 Å². The molecule has 1 aromatic carbocycles. The summed E-state index contributed by atoms with van der Waals surface area (Å²) in [5, 5.41) is 0. The molecule has 1 atom stereocenters. The highest BCUT2D eigenvalue weighted by molar-refractivity contribution is 5.79. The number of aryl methyl sites for hydroxylation is 1. The number of likely N-dealkylation sites (tertiary alicyclic amines) is 1. The summed E-state index contributed by atoms with van der Waals surface area (Å²) in [7, 11) is 0. The molecule has 2 rings (SSSR count). The lowest BCUT2D eigenvalue weighted by molar-refractivity contribution is -0.130. The van der Waals surface area contributed by atoms with E-state index < -0.39 is 0 Å². The van der Waals surface area contributed by atoms with Crippen molar-refractivity contribution in [2.75, 3.05) is 6.54 Å². The molecule has 16 heavy (non-hydrogen) atoms. The van der Waals surface area contributed by atoms with Crippen LogP contribution in [0.5, 0.6) is 0 Å². The van der Waals surface area contributed by atoms with Crippen LogP contribution in [0.25, 0.3) is 0 Å². The Bertz CT molecular complexity index is 386. The van der Waals surface area contributed by atoms with Gasteiger partial charge in [0.05, 0.1) is 6.42 Å². The lowest BCUT2D eigenvalue weighted by Crippen LogP contribution is -2.34. The summed E-state index contributed by atoms with van der Waals surface area (Å²) in [6, 6.07) is 8.56. The molecule has 0 aliphatic carbocycles. The van der Waals surface area contributed by atoms with E-state index >= 15 is 0 Å². The Morgan fingerprint density at radius 3 is 2.81 bits per heavy atom. The Hall–Kier alpha value is -1.31. The first-order valence-electron chi connectivity index (χ1n) is 6.02. The molecule has 2 heteroatoms. The number of hydrogen-bond donors (Lipinski definition) is 0. The molecule has 0 spiro atoms. The number of benzene rings is 1. The van der Waals surface area contributed by atoms with Gasteiger partial charge in [0, 0.05) is 12.6 Å². The van der Waals surface area contributed by atoms with Gasteiger partial charge in [-0.15, -0.1) is 0 Å². The number of hydrogen-bond acceptors (Lipinski definition) is 1. The molecule has 0 saturated carbocycles. The van der Waals surface area contributed by atoms with Crippen molar-refractivity contribution < 1.29 is 4.79 Å². The van der Waals surface area contributed by atoms with Crippen LogP contribution in [0, 0.1) is 6.92 Å². The summed E-state index contributed by atoms with van der Waals surface area (Å²) in [6.45, 7) is 5.14. The molecule has 86 valence electrons. The number of carbonyl (C=O) groups is 1. The van der Waals surface area contributed by atoms with Crippen LogP contribution >= 0.6 is 0 Å². The molecule has 0 bridgehead atoms. The number of nitrogens with zero attached hydrogens (tertiary/aromatic N) is 1. The molecule has 1 unspecified atom stereocenters. The number of amides is 1. The van der Waals surface area contributed by atoms with Gasteiger partial charge < -0.3 is 4.90 Å². The van der Waals surface area contributed by atoms with E-state index in [1.807, 2.05) is 23.1 Å². The fourth-order valence-electron chi connectivity index (χ4n) is 2.38. The Morgan fingerprint density at radius 2 is 2.19 bits per heavy atom. The van der Waals surface area contributed by atoms with Crippen LogP contribution in [0.3, 0.4) is 0 Å². The fourth-order valence-corrected chi connectivity index (χ4v) is 2.38. The summed E-state index contributed by atoms with van der Waals surface area (Å²) >= 11 is 0. The number of rotatable bonds is 2. The van der Waals surface area contributed by atoms with Crippen molar-refractivity contribution in [1.82, 2.24) is 4.90 Å². The molecule has 1 aromatic rings. The first-order chi connectivity index (χ1) is 7.68. The summed E-state index contributed by atoms with van der Waals surface area (Å²) in [5.74, 6) is 0.277. The minimum atomic E-state index is 0.277. The maximum atomic E-state index is 12.1. The zero-order valence-corrected chi connectivity index (χ0v) is 10.1. The van der Waals surface area contributed by atoms with Gasteiger partial charge in [0.2, 0.25) is 5.91 Å². The van der Waals surface area contributed by atoms with Crippen LogP contribution in [-0.4, -0.2) is 23.4 Å². The average molecular weight is 217 g/mol. The van der Waals surface area contributed by atoms with Gasteiger partial charge in [0.25, 0.3) is 0 Å². The third-order valence-corrected chi connectivity index (χ3v) is 3.48. The lowest BCUT2D eigenvalue weighted by Gasteiger charge is -2.21. The third kappa shape index (κ3) is 2.26. The van der Waals surface area contributed by atoms with Gasteiger partial charge in [-0.2, -0.15) is 0 Å². The predicted octanol–water partition coefficient (Wildman–Crippen LogP) is 2.55. The Morgan fingerprint density at radius 1 is 1.44 bits per heavy atom. The molecule has 1 amide bonds. The highest BCUT2D eigenvalue weighted by Gasteiger charge is 2.24. The Kier molecular flexibility index (Phi) is 3.28. The second-order valence-corrected chi connectivity index (χ2v) is 4.68. The molecule has 1 aliphatic rings. The third-order valence-electron chi connectivity index (χ3n) is 3.48. The van der Waals surface area contributed by atoms with Crippen LogP contribution < -0.4 is 0 Å². The Balaban J connectivity index is 2.05. The second kappa shape index (κ2) is 4.69. The molecule has 1 aliphatic heterocycles. The van der Waals surface area contributed by atoms with E-state index in [1.54, 1.807) is 0 Å². The van der Waals surface area contributed by atoms with E-state index in [9.17, 15) is 4.79 Å². The Labute approximate surface area is 97.3 Å². The fraction of sp³-hybridized carbons (Fsp3) is 0.500. The van der Waals surface area contributed by atoms with Gasteiger partial charge in [-0.3, -0.25) is 4.79 Å². The van der Waals surface area contributed by atoms with Crippen LogP contribution in [0.4, 0.5) is 0 Å². The van der Waals surface area contributed by atoms with Crippen molar-refractivity contribution >= 4 is 5.91 Å². The second-order valence-electron chi connectivity index (χ2n) is 4.68. The monoisotopic (exact) mass is 217 g/mol. The molecule has 1 heterocycles. The minimum absolute atomic E-state index is 0.277. The van der Waals surface area contributed by atoms with Crippen molar-refractivity contribution in [2.45, 2.75) is 39.2 Å². The SMILES string of the molecule is Cc1ccccc1CC(=O)N1CCCC1C. The van der Waals surface area contributed by atoms with Crippen LogP contribution in [0.1, 0.15) is 30.9 Å². The average Bonchev–Trinajstić information content (AvgIpc) is 2.68. The van der Waals surface area contributed by atoms with Crippen LogP contribution in [0.15, 0.2) is 24.3 Å².